The molecular weight excluding hydrogens is 364 g/mol. The normalized spacial score (nSPS) is 11.0. The summed E-state index contributed by atoms with van der Waals surface area (Å²) in [4.78, 5) is 34.6. The Hall–Kier alpha value is -2.32. The first-order valence-corrected chi connectivity index (χ1v) is 8.70. The lowest BCUT2D eigenvalue weighted by Crippen LogP contribution is -2.19. The highest BCUT2D eigenvalue weighted by Crippen LogP contribution is 2.27. The third-order valence-corrected chi connectivity index (χ3v) is 4.96. The molecule has 0 aliphatic rings. The fourth-order valence-electron chi connectivity index (χ4n) is 2.49. The van der Waals surface area contributed by atoms with Gasteiger partial charge in [-0.05, 0) is 25.1 Å². The summed E-state index contributed by atoms with van der Waals surface area (Å²) in [6.45, 7) is 1.64. The summed E-state index contributed by atoms with van der Waals surface area (Å²) in [6.07, 6.45) is 0. The van der Waals surface area contributed by atoms with Crippen molar-refractivity contribution in [3.8, 4) is 0 Å². The fraction of sp³-hybridized carbons (Fsp3) is 0.250. The summed E-state index contributed by atoms with van der Waals surface area (Å²) in [5, 5.41) is 0.933. The van der Waals surface area contributed by atoms with Gasteiger partial charge < -0.3 is 14.3 Å². The number of nitrogens with one attached hydrogen (secondary N) is 1. The summed E-state index contributed by atoms with van der Waals surface area (Å²) >= 11 is 7.26. The van der Waals surface area contributed by atoms with Crippen LogP contribution in [-0.4, -0.2) is 32.6 Å². The number of aromatic amines is 1. The van der Waals surface area contributed by atoms with Crippen molar-refractivity contribution in [3.63, 3.8) is 0 Å². The van der Waals surface area contributed by atoms with E-state index in [2.05, 4.69) is 15.0 Å². The quantitative estimate of drug-likeness (QED) is 0.426. The van der Waals surface area contributed by atoms with E-state index in [-0.39, 0.29) is 5.56 Å². The molecule has 3 aromatic rings. The van der Waals surface area contributed by atoms with Crippen LogP contribution in [-0.2, 0) is 17.5 Å². The zero-order valence-corrected chi connectivity index (χ0v) is 15.4. The molecule has 2 heterocycles. The lowest BCUT2D eigenvalue weighted by molar-refractivity contribution is 0.0594. The Bertz CT molecular complexity index is 1030. The molecule has 0 spiro atoms. The van der Waals surface area contributed by atoms with E-state index in [9.17, 15) is 9.59 Å². The van der Waals surface area contributed by atoms with Crippen LogP contribution in [0, 0.1) is 6.92 Å². The summed E-state index contributed by atoms with van der Waals surface area (Å²) in [7, 11) is 3.19. The van der Waals surface area contributed by atoms with Crippen LogP contribution in [0.1, 0.15) is 21.9 Å². The van der Waals surface area contributed by atoms with Crippen molar-refractivity contribution < 1.29 is 9.53 Å². The molecule has 2 aromatic heterocycles. The second kappa shape index (κ2) is 6.89. The number of esters is 1. The van der Waals surface area contributed by atoms with Gasteiger partial charge in [-0.2, -0.15) is 4.98 Å². The number of fused-ring (bicyclic) bond motifs is 1. The smallest absolute Gasteiger partial charge is 0.346 e. The number of methoxy groups -OCH3 is 1. The van der Waals surface area contributed by atoms with Gasteiger partial charge in [0.05, 0.1) is 23.9 Å². The Kier molecular flexibility index (Phi) is 4.82. The SMILES string of the molecule is COC(=O)c1c(SCc2nc3cc(Cl)ccc3n2C)nc(=O)[nH]c1C. The molecule has 9 heteroatoms. The predicted molar refractivity (Wildman–Crippen MR) is 96.2 cm³/mol. The molecule has 0 unspecified atom stereocenters. The minimum Gasteiger partial charge on any atom is -0.465 e. The maximum Gasteiger partial charge on any atom is 0.346 e. The first kappa shape index (κ1) is 17.5. The van der Waals surface area contributed by atoms with Crippen molar-refractivity contribution in [1.82, 2.24) is 19.5 Å². The average molecular weight is 379 g/mol. The minimum absolute atomic E-state index is 0.258. The van der Waals surface area contributed by atoms with Gasteiger partial charge >= 0.3 is 11.7 Å². The molecule has 130 valence electrons. The molecule has 3 rings (SSSR count). The number of imidazole rings is 1. The van der Waals surface area contributed by atoms with Crippen LogP contribution in [0.25, 0.3) is 11.0 Å². The van der Waals surface area contributed by atoms with E-state index in [1.165, 1.54) is 18.9 Å². The van der Waals surface area contributed by atoms with Crippen molar-refractivity contribution in [1.29, 1.82) is 0 Å². The highest BCUT2D eigenvalue weighted by atomic mass is 35.5. The molecule has 0 aliphatic heterocycles. The summed E-state index contributed by atoms with van der Waals surface area (Å²) < 4.78 is 6.73. The fourth-order valence-corrected chi connectivity index (χ4v) is 3.71. The van der Waals surface area contributed by atoms with Crippen LogP contribution in [0.4, 0.5) is 0 Å². The molecular formula is C16H15ClN4O3S. The minimum atomic E-state index is -0.541. The molecule has 1 N–H and O–H groups in total. The highest BCUT2D eigenvalue weighted by Gasteiger charge is 2.19. The number of halogens is 1. The standard InChI is InChI=1S/C16H15ClN4O3S/c1-8-13(15(22)24-3)14(20-16(23)18-8)25-7-12-19-10-6-9(17)4-5-11(10)21(12)2/h4-6H,7H2,1-3H3,(H,18,20,23). The van der Waals surface area contributed by atoms with Crippen LogP contribution in [0.15, 0.2) is 28.0 Å². The van der Waals surface area contributed by atoms with Crippen molar-refractivity contribution in [2.45, 2.75) is 17.7 Å². The number of H-pyrrole nitrogens is 1. The number of aromatic nitrogens is 4. The summed E-state index contributed by atoms with van der Waals surface area (Å²) in [6, 6.07) is 5.49. The third kappa shape index (κ3) is 3.40. The first-order valence-electron chi connectivity index (χ1n) is 7.33. The Morgan fingerprint density at radius 3 is 2.88 bits per heavy atom. The van der Waals surface area contributed by atoms with Gasteiger partial charge in [0.1, 0.15) is 16.4 Å². The van der Waals surface area contributed by atoms with Gasteiger partial charge in [-0.25, -0.2) is 14.6 Å². The number of nitrogens with zero attached hydrogens (tertiary/aromatic N) is 3. The number of carbonyl (C=O) groups excluding carboxylic acids is 1. The summed E-state index contributed by atoms with van der Waals surface area (Å²) in [5.74, 6) is 0.668. The van der Waals surface area contributed by atoms with E-state index in [1.54, 1.807) is 19.1 Å². The topological polar surface area (TPSA) is 89.9 Å². The highest BCUT2D eigenvalue weighted by molar-refractivity contribution is 7.98. The third-order valence-electron chi connectivity index (χ3n) is 3.75. The molecule has 1 aromatic carbocycles. The zero-order chi connectivity index (χ0) is 18.1. The Balaban J connectivity index is 1.95. The van der Waals surface area contributed by atoms with E-state index in [1.807, 2.05) is 17.7 Å². The molecule has 0 fully saturated rings. The lowest BCUT2D eigenvalue weighted by atomic mass is 10.2. The predicted octanol–water partition coefficient (Wildman–Crippen LogP) is 2.70. The second-order valence-corrected chi connectivity index (χ2v) is 6.75. The number of hydrogen-bond acceptors (Lipinski definition) is 6. The molecule has 7 nitrogen and oxygen atoms in total. The van der Waals surface area contributed by atoms with Crippen LogP contribution in [0.5, 0.6) is 0 Å². The van der Waals surface area contributed by atoms with Crippen molar-refractivity contribution in [2.75, 3.05) is 7.11 Å². The van der Waals surface area contributed by atoms with E-state index >= 15 is 0 Å². The number of benzene rings is 1. The van der Waals surface area contributed by atoms with Gasteiger partial charge in [-0.1, -0.05) is 23.4 Å². The van der Waals surface area contributed by atoms with Gasteiger partial charge in [0.25, 0.3) is 0 Å². The van der Waals surface area contributed by atoms with Crippen LogP contribution in [0.3, 0.4) is 0 Å². The molecule has 25 heavy (non-hydrogen) atoms. The van der Waals surface area contributed by atoms with E-state index < -0.39 is 11.7 Å². The largest absolute Gasteiger partial charge is 0.465 e. The van der Waals surface area contributed by atoms with E-state index in [0.717, 1.165) is 16.9 Å². The number of aryl methyl sites for hydroxylation is 2. The Morgan fingerprint density at radius 2 is 2.16 bits per heavy atom. The molecule has 0 saturated heterocycles. The van der Waals surface area contributed by atoms with Gasteiger partial charge in [0, 0.05) is 17.8 Å². The number of rotatable bonds is 4. The van der Waals surface area contributed by atoms with Crippen LogP contribution in [0.2, 0.25) is 5.02 Å². The van der Waals surface area contributed by atoms with Gasteiger partial charge in [-0.15, -0.1) is 0 Å². The van der Waals surface area contributed by atoms with Crippen LogP contribution < -0.4 is 5.69 Å². The molecule has 0 bridgehead atoms. The van der Waals surface area contributed by atoms with Crippen molar-refractivity contribution in [3.05, 3.63) is 50.8 Å². The Labute approximate surface area is 152 Å². The molecule has 0 atom stereocenters. The number of hydrogen-bond donors (Lipinski definition) is 1. The van der Waals surface area contributed by atoms with Gasteiger partial charge in [0.15, 0.2) is 0 Å². The number of carbonyl (C=O) groups is 1. The van der Waals surface area contributed by atoms with E-state index in [4.69, 9.17) is 16.3 Å². The van der Waals surface area contributed by atoms with Crippen molar-refractivity contribution >= 4 is 40.4 Å². The molecule has 0 amide bonds. The summed E-state index contributed by atoms with van der Waals surface area (Å²) in [5.41, 5.74) is 1.90. The zero-order valence-electron chi connectivity index (χ0n) is 13.8. The average Bonchev–Trinajstić information content (AvgIpc) is 2.87. The molecule has 0 aliphatic carbocycles. The van der Waals surface area contributed by atoms with Crippen LogP contribution >= 0.6 is 23.4 Å². The monoisotopic (exact) mass is 378 g/mol. The second-order valence-electron chi connectivity index (χ2n) is 5.35. The first-order chi connectivity index (χ1) is 11.9. The lowest BCUT2D eigenvalue weighted by Gasteiger charge is -2.08. The maximum atomic E-state index is 12.0. The number of ether oxygens (including phenoxy) is 1. The van der Waals surface area contributed by atoms with E-state index in [0.29, 0.717) is 21.5 Å². The van der Waals surface area contributed by atoms with Crippen molar-refractivity contribution in [2.24, 2.45) is 7.05 Å². The molecule has 0 saturated carbocycles. The Morgan fingerprint density at radius 1 is 1.40 bits per heavy atom. The number of thioether (sulfide) groups is 1. The maximum absolute atomic E-state index is 12.0. The van der Waals surface area contributed by atoms with Gasteiger partial charge in [0.2, 0.25) is 0 Å². The molecule has 0 radical (unpaired) electrons. The van der Waals surface area contributed by atoms with Gasteiger partial charge in [-0.3, -0.25) is 0 Å².